The SMILES string of the molecule is Nc1nc(N2CCCC2)c2cc[nH]c2n1. The Balaban J connectivity index is 2.18. The normalized spacial score (nSPS) is 16.4. The maximum atomic E-state index is 5.68. The molecule has 0 aliphatic carbocycles. The number of aromatic nitrogens is 3. The maximum Gasteiger partial charge on any atom is 0.223 e. The molecule has 3 heterocycles. The largest absolute Gasteiger partial charge is 0.368 e. The van der Waals surface area contributed by atoms with Crippen molar-refractivity contribution in [3.8, 4) is 0 Å². The van der Waals surface area contributed by atoms with Gasteiger partial charge in [-0.15, -0.1) is 0 Å². The highest BCUT2D eigenvalue weighted by molar-refractivity contribution is 5.88. The number of fused-ring (bicyclic) bond motifs is 1. The first-order valence-electron chi connectivity index (χ1n) is 5.20. The molecule has 0 amide bonds. The predicted octanol–water partition coefficient (Wildman–Crippen LogP) is 1.14. The van der Waals surface area contributed by atoms with E-state index in [4.69, 9.17) is 5.73 Å². The van der Waals surface area contributed by atoms with Gasteiger partial charge >= 0.3 is 0 Å². The van der Waals surface area contributed by atoms with E-state index in [9.17, 15) is 0 Å². The van der Waals surface area contributed by atoms with Gasteiger partial charge in [0.15, 0.2) is 0 Å². The zero-order valence-electron chi connectivity index (χ0n) is 8.40. The van der Waals surface area contributed by atoms with Gasteiger partial charge in [0.25, 0.3) is 0 Å². The molecule has 1 aliphatic heterocycles. The fraction of sp³-hybridized carbons (Fsp3) is 0.400. The Morgan fingerprint density at radius 2 is 2.07 bits per heavy atom. The summed E-state index contributed by atoms with van der Waals surface area (Å²) in [4.78, 5) is 13.8. The Hall–Kier alpha value is -1.78. The lowest BCUT2D eigenvalue weighted by Crippen LogP contribution is -2.20. The summed E-state index contributed by atoms with van der Waals surface area (Å²) in [6.07, 6.45) is 4.34. The van der Waals surface area contributed by atoms with Gasteiger partial charge in [0.1, 0.15) is 11.5 Å². The molecule has 1 aliphatic rings. The van der Waals surface area contributed by atoms with Gasteiger partial charge in [-0.25, -0.2) is 0 Å². The van der Waals surface area contributed by atoms with Gasteiger partial charge in [0, 0.05) is 19.3 Å². The van der Waals surface area contributed by atoms with Crippen molar-refractivity contribution in [2.24, 2.45) is 0 Å². The fourth-order valence-electron chi connectivity index (χ4n) is 2.11. The van der Waals surface area contributed by atoms with Crippen LogP contribution in [0.4, 0.5) is 11.8 Å². The van der Waals surface area contributed by atoms with E-state index in [0.29, 0.717) is 5.95 Å². The molecule has 1 fully saturated rings. The van der Waals surface area contributed by atoms with Crippen molar-refractivity contribution >= 4 is 22.8 Å². The zero-order valence-corrected chi connectivity index (χ0v) is 8.40. The van der Waals surface area contributed by atoms with Crippen molar-refractivity contribution in [3.05, 3.63) is 12.3 Å². The van der Waals surface area contributed by atoms with Gasteiger partial charge in [-0.2, -0.15) is 9.97 Å². The molecule has 3 rings (SSSR count). The molecule has 78 valence electrons. The second kappa shape index (κ2) is 3.12. The van der Waals surface area contributed by atoms with Crippen LogP contribution in [0.15, 0.2) is 12.3 Å². The third-order valence-electron chi connectivity index (χ3n) is 2.82. The van der Waals surface area contributed by atoms with Crippen molar-refractivity contribution in [1.82, 2.24) is 15.0 Å². The number of hydrogen-bond donors (Lipinski definition) is 2. The summed E-state index contributed by atoms with van der Waals surface area (Å²) in [6.45, 7) is 2.13. The van der Waals surface area contributed by atoms with Gasteiger partial charge in [0.2, 0.25) is 5.95 Å². The van der Waals surface area contributed by atoms with Gasteiger partial charge < -0.3 is 15.6 Å². The number of aromatic amines is 1. The van der Waals surface area contributed by atoms with Crippen LogP contribution in [0, 0.1) is 0 Å². The molecular formula is C10H13N5. The Labute approximate surface area is 87.3 Å². The first kappa shape index (κ1) is 8.52. The van der Waals surface area contributed by atoms with E-state index in [1.165, 1.54) is 12.8 Å². The molecule has 2 aromatic rings. The third-order valence-corrected chi connectivity index (χ3v) is 2.82. The molecule has 0 saturated carbocycles. The van der Waals surface area contributed by atoms with Crippen molar-refractivity contribution in [2.75, 3.05) is 23.7 Å². The smallest absolute Gasteiger partial charge is 0.223 e. The van der Waals surface area contributed by atoms with Crippen molar-refractivity contribution < 1.29 is 0 Å². The van der Waals surface area contributed by atoms with Crippen LogP contribution in [-0.4, -0.2) is 28.0 Å². The summed E-state index contributed by atoms with van der Waals surface area (Å²) >= 11 is 0. The summed E-state index contributed by atoms with van der Waals surface area (Å²) < 4.78 is 0. The number of nitrogens with zero attached hydrogens (tertiary/aromatic N) is 3. The van der Waals surface area contributed by atoms with E-state index in [2.05, 4.69) is 19.9 Å². The van der Waals surface area contributed by atoms with E-state index >= 15 is 0 Å². The third kappa shape index (κ3) is 1.31. The molecular weight excluding hydrogens is 190 g/mol. The lowest BCUT2D eigenvalue weighted by atomic mass is 10.3. The first-order valence-corrected chi connectivity index (χ1v) is 5.20. The molecule has 5 heteroatoms. The maximum absolute atomic E-state index is 5.68. The van der Waals surface area contributed by atoms with Gasteiger partial charge in [-0.3, -0.25) is 0 Å². The number of anilines is 2. The van der Waals surface area contributed by atoms with Crippen LogP contribution in [0.5, 0.6) is 0 Å². The molecule has 5 nitrogen and oxygen atoms in total. The Bertz CT molecular complexity index is 484. The van der Waals surface area contributed by atoms with Crippen LogP contribution in [0.25, 0.3) is 11.0 Å². The number of nitrogen functional groups attached to an aromatic ring is 1. The first-order chi connectivity index (χ1) is 7.34. The Morgan fingerprint density at radius 1 is 1.27 bits per heavy atom. The molecule has 1 saturated heterocycles. The van der Waals surface area contributed by atoms with Crippen molar-refractivity contribution in [2.45, 2.75) is 12.8 Å². The molecule has 0 atom stereocenters. The fourth-order valence-corrected chi connectivity index (χ4v) is 2.11. The number of rotatable bonds is 1. The minimum atomic E-state index is 0.340. The molecule has 0 aromatic carbocycles. The summed E-state index contributed by atoms with van der Waals surface area (Å²) in [5.41, 5.74) is 6.51. The lowest BCUT2D eigenvalue weighted by molar-refractivity contribution is 0.942. The average molecular weight is 203 g/mol. The van der Waals surface area contributed by atoms with E-state index in [1.54, 1.807) is 0 Å². The van der Waals surface area contributed by atoms with Crippen LogP contribution in [-0.2, 0) is 0 Å². The Kier molecular flexibility index (Phi) is 1.77. The highest BCUT2D eigenvalue weighted by Crippen LogP contribution is 2.26. The molecule has 2 aromatic heterocycles. The summed E-state index contributed by atoms with van der Waals surface area (Å²) in [5, 5.41) is 1.06. The zero-order chi connectivity index (χ0) is 10.3. The van der Waals surface area contributed by atoms with Crippen LogP contribution in [0.3, 0.4) is 0 Å². The number of nitrogens with one attached hydrogen (secondary N) is 1. The molecule has 0 spiro atoms. The highest BCUT2D eigenvalue weighted by atomic mass is 15.2. The van der Waals surface area contributed by atoms with Crippen LogP contribution in [0.1, 0.15) is 12.8 Å². The second-order valence-electron chi connectivity index (χ2n) is 3.84. The van der Waals surface area contributed by atoms with Gasteiger partial charge in [-0.05, 0) is 18.9 Å². The predicted molar refractivity (Wildman–Crippen MR) is 59.7 cm³/mol. The van der Waals surface area contributed by atoms with E-state index in [1.807, 2.05) is 12.3 Å². The van der Waals surface area contributed by atoms with Crippen LogP contribution >= 0.6 is 0 Å². The molecule has 0 unspecified atom stereocenters. The van der Waals surface area contributed by atoms with Crippen LogP contribution < -0.4 is 10.6 Å². The van der Waals surface area contributed by atoms with Gasteiger partial charge in [0.05, 0.1) is 5.39 Å². The monoisotopic (exact) mass is 203 g/mol. The van der Waals surface area contributed by atoms with Gasteiger partial charge in [-0.1, -0.05) is 0 Å². The molecule has 0 radical (unpaired) electrons. The number of nitrogens with two attached hydrogens (primary N) is 1. The average Bonchev–Trinajstić information content (AvgIpc) is 2.86. The quantitative estimate of drug-likeness (QED) is 0.729. The van der Waals surface area contributed by atoms with E-state index in [-0.39, 0.29) is 0 Å². The Morgan fingerprint density at radius 3 is 2.87 bits per heavy atom. The van der Waals surface area contributed by atoms with Crippen LogP contribution in [0.2, 0.25) is 0 Å². The standard InChI is InChI=1S/C10H13N5/c11-10-13-8-7(3-4-12-8)9(14-10)15-5-1-2-6-15/h3-4H,1-2,5-6H2,(H3,11,12,13,14). The van der Waals surface area contributed by atoms with Crippen molar-refractivity contribution in [1.29, 1.82) is 0 Å². The minimum absolute atomic E-state index is 0.340. The number of H-pyrrole nitrogens is 1. The highest BCUT2D eigenvalue weighted by Gasteiger charge is 2.17. The summed E-state index contributed by atoms with van der Waals surface area (Å²) in [6, 6.07) is 2.00. The lowest BCUT2D eigenvalue weighted by Gasteiger charge is -2.17. The molecule has 0 bridgehead atoms. The van der Waals surface area contributed by atoms with E-state index in [0.717, 1.165) is 29.9 Å². The molecule has 3 N–H and O–H groups in total. The minimum Gasteiger partial charge on any atom is -0.368 e. The summed E-state index contributed by atoms with van der Waals surface area (Å²) in [7, 11) is 0. The van der Waals surface area contributed by atoms with Crippen molar-refractivity contribution in [3.63, 3.8) is 0 Å². The number of hydrogen-bond acceptors (Lipinski definition) is 4. The molecule has 15 heavy (non-hydrogen) atoms. The topological polar surface area (TPSA) is 70.8 Å². The van der Waals surface area contributed by atoms with E-state index < -0.39 is 0 Å². The summed E-state index contributed by atoms with van der Waals surface area (Å²) in [5.74, 6) is 1.31. The second-order valence-corrected chi connectivity index (χ2v) is 3.84.